The van der Waals surface area contributed by atoms with E-state index in [2.05, 4.69) is 10.1 Å². The van der Waals surface area contributed by atoms with E-state index in [9.17, 15) is 8.78 Å². The molecule has 1 unspecified atom stereocenters. The highest BCUT2D eigenvalue weighted by molar-refractivity contribution is 5.30. The number of nitrogens with one attached hydrogen (secondary N) is 1. The Labute approximate surface area is 88.3 Å². The van der Waals surface area contributed by atoms with Crippen LogP contribution in [-0.4, -0.2) is 13.7 Å². The largest absolute Gasteiger partial charge is 0.435 e. The first-order valence-corrected chi connectivity index (χ1v) is 4.89. The average Bonchev–Trinajstić information content (AvgIpc) is 2.19. The van der Waals surface area contributed by atoms with Crippen molar-refractivity contribution in [1.29, 1.82) is 0 Å². The normalized spacial score (nSPS) is 12.9. The van der Waals surface area contributed by atoms with Crippen LogP contribution in [0.3, 0.4) is 0 Å². The van der Waals surface area contributed by atoms with Crippen LogP contribution < -0.4 is 10.1 Å². The van der Waals surface area contributed by atoms with Crippen LogP contribution in [0.25, 0.3) is 0 Å². The second kappa shape index (κ2) is 5.66. The minimum Gasteiger partial charge on any atom is -0.435 e. The molecule has 0 bridgehead atoms. The first-order valence-electron chi connectivity index (χ1n) is 4.89. The van der Waals surface area contributed by atoms with Crippen LogP contribution in [0.15, 0.2) is 24.3 Å². The highest BCUT2D eigenvalue weighted by Crippen LogP contribution is 2.22. The number of benzene rings is 1. The number of alkyl halides is 2. The second-order valence-corrected chi connectivity index (χ2v) is 3.20. The Morgan fingerprint density at radius 2 is 2.13 bits per heavy atom. The van der Waals surface area contributed by atoms with Gasteiger partial charge < -0.3 is 10.1 Å². The molecular formula is C11H15F2NO. The Morgan fingerprint density at radius 1 is 1.40 bits per heavy atom. The SMILES string of the molecule is CCC(NC)c1cccc(OC(F)F)c1. The molecule has 4 heteroatoms. The van der Waals surface area contributed by atoms with Gasteiger partial charge in [0.2, 0.25) is 0 Å². The van der Waals surface area contributed by atoms with Gasteiger partial charge in [-0.2, -0.15) is 8.78 Å². The van der Waals surface area contributed by atoms with E-state index < -0.39 is 6.61 Å². The summed E-state index contributed by atoms with van der Waals surface area (Å²) in [6.45, 7) is -0.739. The molecule has 0 aromatic heterocycles. The first-order chi connectivity index (χ1) is 7.17. The van der Waals surface area contributed by atoms with Gasteiger partial charge in [0.25, 0.3) is 0 Å². The molecule has 1 N–H and O–H groups in total. The molecule has 84 valence electrons. The van der Waals surface area contributed by atoms with Crippen LogP contribution in [0.1, 0.15) is 24.9 Å². The van der Waals surface area contributed by atoms with E-state index >= 15 is 0 Å². The molecule has 0 aliphatic rings. The lowest BCUT2D eigenvalue weighted by Gasteiger charge is -2.15. The molecule has 2 nitrogen and oxygen atoms in total. The van der Waals surface area contributed by atoms with Crippen molar-refractivity contribution in [2.45, 2.75) is 26.0 Å². The molecule has 0 amide bonds. The van der Waals surface area contributed by atoms with Crippen molar-refractivity contribution in [3.05, 3.63) is 29.8 Å². The zero-order valence-electron chi connectivity index (χ0n) is 8.84. The molecule has 15 heavy (non-hydrogen) atoms. The summed E-state index contributed by atoms with van der Waals surface area (Å²) in [4.78, 5) is 0. The van der Waals surface area contributed by atoms with Crippen molar-refractivity contribution in [3.63, 3.8) is 0 Å². The molecule has 0 radical (unpaired) electrons. The monoisotopic (exact) mass is 215 g/mol. The topological polar surface area (TPSA) is 21.3 Å². The van der Waals surface area contributed by atoms with Crippen molar-refractivity contribution in [2.75, 3.05) is 7.05 Å². The van der Waals surface area contributed by atoms with E-state index in [0.29, 0.717) is 0 Å². The van der Waals surface area contributed by atoms with Gasteiger partial charge in [0.1, 0.15) is 5.75 Å². The third-order valence-electron chi connectivity index (χ3n) is 2.24. The molecule has 0 saturated carbocycles. The summed E-state index contributed by atoms with van der Waals surface area (Å²) in [5.74, 6) is 0.205. The fourth-order valence-corrected chi connectivity index (χ4v) is 1.51. The van der Waals surface area contributed by atoms with Crippen molar-refractivity contribution < 1.29 is 13.5 Å². The molecule has 0 spiro atoms. The van der Waals surface area contributed by atoms with E-state index in [1.807, 2.05) is 20.0 Å². The third kappa shape index (κ3) is 3.47. The molecule has 1 rings (SSSR count). The fraction of sp³-hybridized carbons (Fsp3) is 0.455. The summed E-state index contributed by atoms with van der Waals surface area (Å²) in [6.07, 6.45) is 0.897. The number of hydrogen-bond acceptors (Lipinski definition) is 2. The van der Waals surface area contributed by atoms with Crippen LogP contribution in [0.5, 0.6) is 5.75 Å². The maximum atomic E-state index is 12.0. The van der Waals surface area contributed by atoms with Gasteiger partial charge in [0.15, 0.2) is 0 Å². The minimum absolute atomic E-state index is 0.172. The molecule has 1 aromatic rings. The maximum Gasteiger partial charge on any atom is 0.387 e. The van der Waals surface area contributed by atoms with Gasteiger partial charge in [-0.25, -0.2) is 0 Å². The van der Waals surface area contributed by atoms with E-state index in [-0.39, 0.29) is 11.8 Å². The molecule has 0 aliphatic heterocycles. The predicted molar refractivity (Wildman–Crippen MR) is 55.2 cm³/mol. The van der Waals surface area contributed by atoms with Crippen molar-refractivity contribution >= 4 is 0 Å². The van der Waals surface area contributed by atoms with E-state index in [0.717, 1.165) is 12.0 Å². The zero-order valence-corrected chi connectivity index (χ0v) is 8.84. The summed E-state index contributed by atoms with van der Waals surface area (Å²) in [6, 6.07) is 6.94. The van der Waals surface area contributed by atoms with Gasteiger partial charge in [-0.05, 0) is 31.2 Å². The first kappa shape index (κ1) is 11.9. The van der Waals surface area contributed by atoms with Crippen LogP contribution in [0.4, 0.5) is 8.78 Å². The third-order valence-corrected chi connectivity index (χ3v) is 2.24. The van der Waals surface area contributed by atoms with Gasteiger partial charge in [-0.1, -0.05) is 19.1 Å². The predicted octanol–water partition coefficient (Wildman–Crippen LogP) is 2.96. The van der Waals surface area contributed by atoms with Gasteiger partial charge in [-0.3, -0.25) is 0 Å². The lowest BCUT2D eigenvalue weighted by molar-refractivity contribution is -0.0499. The number of hydrogen-bond donors (Lipinski definition) is 1. The number of ether oxygens (including phenoxy) is 1. The molecule has 0 heterocycles. The van der Waals surface area contributed by atoms with Gasteiger partial charge in [-0.15, -0.1) is 0 Å². The molecule has 0 fully saturated rings. The van der Waals surface area contributed by atoms with Crippen molar-refractivity contribution in [3.8, 4) is 5.75 Å². The van der Waals surface area contributed by atoms with Gasteiger partial charge >= 0.3 is 6.61 Å². The quantitative estimate of drug-likeness (QED) is 0.815. The van der Waals surface area contributed by atoms with Crippen LogP contribution in [0, 0.1) is 0 Å². The summed E-state index contributed by atoms with van der Waals surface area (Å²) in [5, 5.41) is 3.11. The Hall–Kier alpha value is -1.16. The molecule has 1 atom stereocenters. The second-order valence-electron chi connectivity index (χ2n) is 3.20. The Kier molecular flexibility index (Phi) is 4.49. The summed E-state index contributed by atoms with van der Waals surface area (Å²) in [5.41, 5.74) is 0.957. The van der Waals surface area contributed by atoms with Crippen LogP contribution in [0.2, 0.25) is 0 Å². The van der Waals surface area contributed by atoms with E-state index in [1.54, 1.807) is 12.1 Å². The number of rotatable bonds is 5. The van der Waals surface area contributed by atoms with Crippen LogP contribution >= 0.6 is 0 Å². The Bertz CT molecular complexity index is 300. The lowest BCUT2D eigenvalue weighted by atomic mass is 10.0. The van der Waals surface area contributed by atoms with Crippen molar-refractivity contribution in [1.82, 2.24) is 5.32 Å². The van der Waals surface area contributed by atoms with Crippen LogP contribution in [-0.2, 0) is 0 Å². The lowest BCUT2D eigenvalue weighted by Crippen LogP contribution is -2.15. The minimum atomic E-state index is -2.77. The number of halogens is 2. The van der Waals surface area contributed by atoms with Gasteiger partial charge in [0, 0.05) is 6.04 Å². The molecule has 0 aliphatic carbocycles. The molecular weight excluding hydrogens is 200 g/mol. The molecule has 1 aromatic carbocycles. The zero-order chi connectivity index (χ0) is 11.3. The Balaban J connectivity index is 2.81. The standard InChI is InChI=1S/C11H15F2NO/c1-3-10(14-2)8-5-4-6-9(7-8)15-11(12)13/h4-7,10-11,14H,3H2,1-2H3. The molecule has 0 saturated heterocycles. The average molecular weight is 215 g/mol. The fourth-order valence-electron chi connectivity index (χ4n) is 1.51. The summed E-state index contributed by atoms with van der Waals surface area (Å²) >= 11 is 0. The maximum absolute atomic E-state index is 12.0. The van der Waals surface area contributed by atoms with E-state index in [1.165, 1.54) is 6.07 Å². The Morgan fingerprint density at radius 3 is 2.67 bits per heavy atom. The summed E-state index contributed by atoms with van der Waals surface area (Å²) in [7, 11) is 1.84. The smallest absolute Gasteiger partial charge is 0.387 e. The summed E-state index contributed by atoms with van der Waals surface area (Å²) < 4.78 is 28.3. The van der Waals surface area contributed by atoms with Crippen molar-refractivity contribution in [2.24, 2.45) is 0 Å². The van der Waals surface area contributed by atoms with Gasteiger partial charge in [0.05, 0.1) is 0 Å². The van der Waals surface area contributed by atoms with E-state index in [4.69, 9.17) is 0 Å². The highest BCUT2D eigenvalue weighted by Gasteiger charge is 2.09. The highest BCUT2D eigenvalue weighted by atomic mass is 19.3.